The van der Waals surface area contributed by atoms with Crippen molar-refractivity contribution in [2.24, 2.45) is 0 Å². The lowest BCUT2D eigenvalue weighted by molar-refractivity contribution is 0.0982. The molecule has 0 radical (unpaired) electrons. The normalized spacial score (nSPS) is 10.7. The molecule has 4 nitrogen and oxygen atoms in total. The molecule has 3 rings (SSSR count). The number of nitrogens with zero attached hydrogens (tertiary/aromatic N) is 1. The van der Waals surface area contributed by atoms with E-state index < -0.39 is 0 Å². The first-order chi connectivity index (χ1) is 12.1. The lowest BCUT2D eigenvalue weighted by atomic mass is 9.92. The number of carbonyl (C=O) groups is 1. The van der Waals surface area contributed by atoms with Gasteiger partial charge in [-0.2, -0.15) is 0 Å². The first-order valence-corrected chi connectivity index (χ1v) is 8.31. The van der Waals surface area contributed by atoms with E-state index in [-0.39, 0.29) is 5.78 Å². The molecule has 0 saturated carbocycles. The zero-order valence-corrected chi connectivity index (χ0v) is 14.7. The molecule has 2 aromatic carbocycles. The van der Waals surface area contributed by atoms with Gasteiger partial charge in [-0.3, -0.25) is 9.47 Å². The quantitative estimate of drug-likeness (QED) is 0.554. The number of hydrogen-bond acceptors (Lipinski definition) is 3. The topological polar surface area (TPSA) is 57.2 Å². The van der Waals surface area contributed by atoms with Crippen LogP contribution in [-0.2, 0) is 0 Å². The number of ether oxygens (including phenoxy) is 1. The van der Waals surface area contributed by atoms with Gasteiger partial charge in [0.25, 0.3) is 0 Å². The Kier molecular flexibility index (Phi) is 4.61. The van der Waals surface area contributed by atoms with Gasteiger partial charge < -0.3 is 10.6 Å². The van der Waals surface area contributed by atoms with Crippen LogP contribution in [0.3, 0.4) is 0 Å². The van der Waals surface area contributed by atoms with Crippen LogP contribution in [0, 0.1) is 6.92 Å². The fraction of sp³-hybridized carbons (Fsp3) is 0.190. The number of nitrogen functional groups attached to an aromatic ring is 1. The molecule has 0 amide bonds. The van der Waals surface area contributed by atoms with E-state index in [1.807, 2.05) is 68.6 Å². The van der Waals surface area contributed by atoms with E-state index in [2.05, 4.69) is 0 Å². The summed E-state index contributed by atoms with van der Waals surface area (Å²) >= 11 is 0. The molecule has 4 heteroatoms. The molecule has 1 heterocycles. The van der Waals surface area contributed by atoms with Gasteiger partial charge in [-0.1, -0.05) is 49.4 Å². The Balaban J connectivity index is 2.34. The summed E-state index contributed by atoms with van der Waals surface area (Å²) in [5.41, 5.74) is 5.33. The summed E-state index contributed by atoms with van der Waals surface area (Å²) in [6.45, 7) is 3.86. The van der Waals surface area contributed by atoms with Crippen LogP contribution >= 0.6 is 0 Å². The standard InChI is InChI=1S/C21H22N2O2/c1-4-18(24)21-20(15-9-6-5-7-10-15)17(13-23(21)22)16-11-8-12-19(25-3)14(16)2/h5-13H,4,22H2,1-3H3. The summed E-state index contributed by atoms with van der Waals surface area (Å²) in [4.78, 5) is 12.6. The molecule has 0 unspecified atom stereocenters. The molecule has 3 aromatic rings. The predicted molar refractivity (Wildman–Crippen MR) is 101 cm³/mol. The van der Waals surface area contributed by atoms with Gasteiger partial charge in [-0.25, -0.2) is 0 Å². The number of Topliss-reactive ketones (excluding diaryl/α,β-unsaturated/α-hetero) is 1. The highest BCUT2D eigenvalue weighted by molar-refractivity contribution is 6.05. The number of benzene rings is 2. The van der Waals surface area contributed by atoms with Crippen LogP contribution in [0.1, 0.15) is 29.4 Å². The third-order valence-electron chi connectivity index (χ3n) is 4.47. The second-order valence-electron chi connectivity index (χ2n) is 5.95. The molecular weight excluding hydrogens is 312 g/mol. The van der Waals surface area contributed by atoms with Crippen molar-refractivity contribution in [1.29, 1.82) is 0 Å². The van der Waals surface area contributed by atoms with Crippen LogP contribution in [-0.4, -0.2) is 17.6 Å². The van der Waals surface area contributed by atoms with E-state index in [0.29, 0.717) is 12.1 Å². The van der Waals surface area contributed by atoms with E-state index >= 15 is 0 Å². The number of rotatable bonds is 5. The van der Waals surface area contributed by atoms with Crippen molar-refractivity contribution >= 4 is 5.78 Å². The summed E-state index contributed by atoms with van der Waals surface area (Å²) in [6.07, 6.45) is 2.23. The van der Waals surface area contributed by atoms with Crippen LogP contribution in [0.15, 0.2) is 54.7 Å². The van der Waals surface area contributed by atoms with Crippen LogP contribution in [0.5, 0.6) is 5.75 Å². The van der Waals surface area contributed by atoms with Gasteiger partial charge in [0.1, 0.15) is 11.4 Å². The molecule has 2 N–H and O–H groups in total. The molecule has 25 heavy (non-hydrogen) atoms. The molecule has 0 fully saturated rings. The van der Waals surface area contributed by atoms with Crippen LogP contribution < -0.4 is 10.6 Å². The number of methoxy groups -OCH3 is 1. The van der Waals surface area contributed by atoms with Crippen molar-refractivity contribution < 1.29 is 9.53 Å². The first kappa shape index (κ1) is 16.8. The van der Waals surface area contributed by atoms with Crippen molar-refractivity contribution in [3.05, 3.63) is 66.0 Å². The number of hydrogen-bond donors (Lipinski definition) is 1. The third kappa shape index (κ3) is 2.91. The fourth-order valence-corrected chi connectivity index (χ4v) is 3.20. The molecular formula is C21H22N2O2. The fourth-order valence-electron chi connectivity index (χ4n) is 3.20. The number of ketones is 1. The van der Waals surface area contributed by atoms with Gasteiger partial charge in [0.05, 0.1) is 7.11 Å². The minimum Gasteiger partial charge on any atom is -0.496 e. The van der Waals surface area contributed by atoms with Crippen molar-refractivity contribution in [2.75, 3.05) is 13.0 Å². The van der Waals surface area contributed by atoms with Crippen LogP contribution in [0.2, 0.25) is 0 Å². The Labute approximate surface area is 147 Å². The zero-order valence-electron chi connectivity index (χ0n) is 14.7. The van der Waals surface area contributed by atoms with Gasteiger partial charge in [0, 0.05) is 23.7 Å². The van der Waals surface area contributed by atoms with E-state index in [0.717, 1.165) is 33.6 Å². The average molecular weight is 334 g/mol. The minimum absolute atomic E-state index is 0.0214. The summed E-state index contributed by atoms with van der Waals surface area (Å²) in [7, 11) is 1.66. The molecule has 0 aliphatic heterocycles. The van der Waals surface area contributed by atoms with Crippen molar-refractivity contribution in [3.8, 4) is 28.0 Å². The van der Waals surface area contributed by atoms with E-state index in [4.69, 9.17) is 10.6 Å². The van der Waals surface area contributed by atoms with Crippen molar-refractivity contribution in [3.63, 3.8) is 0 Å². The van der Waals surface area contributed by atoms with Gasteiger partial charge in [0.2, 0.25) is 0 Å². The monoisotopic (exact) mass is 334 g/mol. The maximum Gasteiger partial charge on any atom is 0.181 e. The number of nitrogens with two attached hydrogens (primary N) is 1. The highest BCUT2D eigenvalue weighted by Gasteiger charge is 2.23. The van der Waals surface area contributed by atoms with Gasteiger partial charge in [-0.05, 0) is 29.7 Å². The van der Waals surface area contributed by atoms with Gasteiger partial charge >= 0.3 is 0 Å². The highest BCUT2D eigenvalue weighted by Crippen LogP contribution is 2.39. The maximum atomic E-state index is 12.6. The SMILES string of the molecule is CCC(=O)c1c(-c2ccccc2)c(-c2cccc(OC)c2C)cn1N. The lowest BCUT2D eigenvalue weighted by Gasteiger charge is -2.12. The second kappa shape index (κ2) is 6.85. The summed E-state index contributed by atoms with van der Waals surface area (Å²) < 4.78 is 6.90. The maximum absolute atomic E-state index is 12.6. The summed E-state index contributed by atoms with van der Waals surface area (Å²) in [6, 6.07) is 15.8. The van der Waals surface area contributed by atoms with Crippen molar-refractivity contribution in [1.82, 2.24) is 4.68 Å². The Hall–Kier alpha value is -3.01. The van der Waals surface area contributed by atoms with Gasteiger partial charge in [-0.15, -0.1) is 0 Å². The molecule has 0 saturated heterocycles. The number of carbonyl (C=O) groups excluding carboxylic acids is 1. The second-order valence-corrected chi connectivity index (χ2v) is 5.95. The van der Waals surface area contributed by atoms with E-state index in [9.17, 15) is 4.79 Å². The van der Waals surface area contributed by atoms with Crippen LogP contribution in [0.25, 0.3) is 22.3 Å². The molecule has 0 atom stereocenters. The Morgan fingerprint density at radius 3 is 2.44 bits per heavy atom. The largest absolute Gasteiger partial charge is 0.496 e. The first-order valence-electron chi connectivity index (χ1n) is 8.31. The zero-order chi connectivity index (χ0) is 18.0. The van der Waals surface area contributed by atoms with Gasteiger partial charge in [0.15, 0.2) is 5.78 Å². The smallest absolute Gasteiger partial charge is 0.181 e. The Bertz CT molecular complexity index is 911. The molecule has 0 aliphatic carbocycles. The highest BCUT2D eigenvalue weighted by atomic mass is 16.5. The lowest BCUT2D eigenvalue weighted by Crippen LogP contribution is -2.15. The van der Waals surface area contributed by atoms with E-state index in [1.165, 1.54) is 4.68 Å². The predicted octanol–water partition coefficient (Wildman–Crippen LogP) is 4.45. The Morgan fingerprint density at radius 1 is 1.08 bits per heavy atom. The molecule has 0 spiro atoms. The minimum atomic E-state index is 0.0214. The van der Waals surface area contributed by atoms with Crippen molar-refractivity contribution in [2.45, 2.75) is 20.3 Å². The summed E-state index contributed by atoms with van der Waals surface area (Å²) in [5, 5.41) is 0. The molecule has 0 aliphatic rings. The molecule has 128 valence electrons. The van der Waals surface area contributed by atoms with E-state index in [1.54, 1.807) is 7.11 Å². The average Bonchev–Trinajstić information content (AvgIpc) is 2.99. The molecule has 0 bridgehead atoms. The third-order valence-corrected chi connectivity index (χ3v) is 4.47. The number of aromatic nitrogens is 1. The molecule has 1 aromatic heterocycles. The summed E-state index contributed by atoms with van der Waals surface area (Å²) in [5.74, 6) is 7.01. The van der Waals surface area contributed by atoms with Crippen LogP contribution in [0.4, 0.5) is 0 Å². The Morgan fingerprint density at radius 2 is 1.80 bits per heavy atom.